The van der Waals surface area contributed by atoms with Gasteiger partial charge < -0.3 is 20.1 Å². The third-order valence-electron chi connectivity index (χ3n) is 6.02. The number of fused-ring (bicyclic) bond motifs is 1. The number of aryl methyl sites for hydroxylation is 1. The van der Waals surface area contributed by atoms with Crippen LogP contribution < -0.4 is 10.2 Å². The molecule has 1 aliphatic heterocycles. The molecule has 0 unspecified atom stereocenters. The van der Waals surface area contributed by atoms with E-state index in [1.807, 2.05) is 47.4 Å². The van der Waals surface area contributed by atoms with Gasteiger partial charge in [-0.05, 0) is 35.7 Å². The summed E-state index contributed by atoms with van der Waals surface area (Å²) in [6.07, 6.45) is 0. The maximum absolute atomic E-state index is 13.1. The average molecular weight is 426 g/mol. The monoisotopic (exact) mass is 425 g/mol. The van der Waals surface area contributed by atoms with E-state index in [-0.39, 0.29) is 12.1 Å². The van der Waals surface area contributed by atoms with E-state index < -0.39 is 0 Å². The van der Waals surface area contributed by atoms with Crippen LogP contribution in [0.25, 0.3) is 11.0 Å². The van der Waals surface area contributed by atoms with Crippen molar-refractivity contribution >= 4 is 23.0 Å². The minimum atomic E-state index is -0.179. The Kier molecular flexibility index (Phi) is 5.50. The molecule has 0 spiro atoms. The van der Waals surface area contributed by atoms with Crippen molar-refractivity contribution in [1.82, 2.24) is 20.2 Å². The summed E-state index contributed by atoms with van der Waals surface area (Å²) in [5, 5.41) is 3.25. The Bertz CT molecular complexity index is 1160. The number of carbonyl (C=O) groups is 1. The molecular weight excluding hydrogens is 398 g/mol. The standard InChI is InChI=1S/C26H27N5O/c1-19-12-13-22-23(18-19)28-25(27-22)30-14-16-31(17-15-30)26(32)29-24(20-8-4-2-5-9-20)21-10-6-3-7-11-21/h2-13,18,24H,14-17H2,1H3,(H,27,28)(H,29,32). The minimum absolute atomic E-state index is 0.0393. The van der Waals surface area contributed by atoms with Gasteiger partial charge in [-0.15, -0.1) is 0 Å². The number of hydrogen-bond donors (Lipinski definition) is 2. The van der Waals surface area contributed by atoms with Crippen LogP contribution in [0.5, 0.6) is 0 Å². The number of imidazole rings is 1. The number of piperazine rings is 1. The summed E-state index contributed by atoms with van der Waals surface area (Å²) >= 11 is 0. The average Bonchev–Trinajstić information content (AvgIpc) is 3.27. The zero-order chi connectivity index (χ0) is 21.9. The van der Waals surface area contributed by atoms with Crippen molar-refractivity contribution in [2.45, 2.75) is 13.0 Å². The van der Waals surface area contributed by atoms with Gasteiger partial charge in [0.2, 0.25) is 5.95 Å². The number of nitrogens with one attached hydrogen (secondary N) is 2. The van der Waals surface area contributed by atoms with Gasteiger partial charge in [0, 0.05) is 26.2 Å². The second kappa shape index (κ2) is 8.75. The maximum atomic E-state index is 13.1. The van der Waals surface area contributed by atoms with Gasteiger partial charge in [-0.2, -0.15) is 0 Å². The molecule has 4 aromatic rings. The van der Waals surface area contributed by atoms with Gasteiger partial charge in [0.05, 0.1) is 17.1 Å². The molecule has 2 N–H and O–H groups in total. The highest BCUT2D eigenvalue weighted by Gasteiger charge is 2.25. The summed E-state index contributed by atoms with van der Waals surface area (Å²) in [5.74, 6) is 0.872. The molecule has 6 heteroatoms. The topological polar surface area (TPSA) is 64.3 Å². The van der Waals surface area contributed by atoms with Crippen molar-refractivity contribution in [3.63, 3.8) is 0 Å². The van der Waals surface area contributed by atoms with E-state index in [1.54, 1.807) is 0 Å². The van der Waals surface area contributed by atoms with Gasteiger partial charge in [0.1, 0.15) is 0 Å². The van der Waals surface area contributed by atoms with E-state index >= 15 is 0 Å². The molecule has 5 rings (SSSR count). The van der Waals surface area contributed by atoms with Gasteiger partial charge >= 0.3 is 6.03 Å². The second-order valence-electron chi connectivity index (χ2n) is 8.26. The molecule has 6 nitrogen and oxygen atoms in total. The van der Waals surface area contributed by atoms with E-state index in [0.29, 0.717) is 13.1 Å². The highest BCUT2D eigenvalue weighted by Crippen LogP contribution is 2.23. The lowest BCUT2D eigenvalue weighted by Crippen LogP contribution is -2.52. The molecule has 0 aliphatic carbocycles. The van der Waals surface area contributed by atoms with Crippen molar-refractivity contribution in [1.29, 1.82) is 0 Å². The fourth-order valence-electron chi connectivity index (χ4n) is 4.25. The third kappa shape index (κ3) is 4.17. The molecule has 2 amide bonds. The largest absolute Gasteiger partial charge is 0.339 e. The number of aromatic nitrogens is 2. The molecule has 1 fully saturated rings. The van der Waals surface area contributed by atoms with E-state index in [0.717, 1.165) is 41.2 Å². The molecule has 0 radical (unpaired) electrons. The number of benzene rings is 3. The first-order chi connectivity index (χ1) is 15.7. The lowest BCUT2D eigenvalue weighted by atomic mass is 9.99. The maximum Gasteiger partial charge on any atom is 0.318 e. The van der Waals surface area contributed by atoms with Gasteiger partial charge in [0.25, 0.3) is 0 Å². The Labute approximate surface area is 187 Å². The SMILES string of the molecule is Cc1ccc2nc(N3CCN(C(=O)NC(c4ccccc4)c4ccccc4)CC3)[nH]c2c1. The van der Waals surface area contributed by atoms with E-state index in [9.17, 15) is 4.79 Å². The Morgan fingerprint density at radius 3 is 2.16 bits per heavy atom. The Hall–Kier alpha value is -3.80. The van der Waals surface area contributed by atoms with Crippen LogP contribution in [-0.4, -0.2) is 47.1 Å². The smallest absolute Gasteiger partial charge is 0.318 e. The predicted octanol–water partition coefficient (Wildman–Crippen LogP) is 4.49. The molecule has 162 valence electrons. The van der Waals surface area contributed by atoms with Crippen molar-refractivity contribution in [3.05, 3.63) is 95.6 Å². The van der Waals surface area contributed by atoms with E-state index in [4.69, 9.17) is 4.98 Å². The van der Waals surface area contributed by atoms with Crippen LogP contribution in [0, 0.1) is 6.92 Å². The number of aromatic amines is 1. The van der Waals surface area contributed by atoms with Crippen LogP contribution in [0.1, 0.15) is 22.7 Å². The molecular formula is C26H27N5O. The zero-order valence-electron chi connectivity index (χ0n) is 18.2. The first-order valence-corrected chi connectivity index (χ1v) is 11.0. The van der Waals surface area contributed by atoms with Crippen molar-refractivity contribution in [2.75, 3.05) is 31.1 Å². The van der Waals surface area contributed by atoms with Gasteiger partial charge in [-0.3, -0.25) is 0 Å². The quantitative estimate of drug-likeness (QED) is 0.506. The van der Waals surface area contributed by atoms with Crippen LogP contribution in [0.15, 0.2) is 78.9 Å². The lowest BCUT2D eigenvalue weighted by Gasteiger charge is -2.35. The first kappa shape index (κ1) is 20.1. The van der Waals surface area contributed by atoms with Crippen molar-refractivity contribution < 1.29 is 4.79 Å². The summed E-state index contributed by atoms with van der Waals surface area (Å²) in [4.78, 5) is 25.4. The Morgan fingerprint density at radius 1 is 0.906 bits per heavy atom. The number of hydrogen-bond acceptors (Lipinski definition) is 3. The number of amides is 2. The summed E-state index contributed by atoms with van der Waals surface area (Å²) in [6, 6.07) is 26.2. The molecule has 0 atom stereocenters. The number of nitrogens with zero attached hydrogens (tertiary/aromatic N) is 3. The summed E-state index contributed by atoms with van der Waals surface area (Å²) in [6.45, 7) is 4.87. The van der Waals surface area contributed by atoms with Crippen LogP contribution in [-0.2, 0) is 0 Å². The van der Waals surface area contributed by atoms with Crippen molar-refractivity contribution in [2.24, 2.45) is 0 Å². The molecule has 32 heavy (non-hydrogen) atoms. The number of anilines is 1. The highest BCUT2D eigenvalue weighted by molar-refractivity contribution is 5.79. The molecule has 1 aromatic heterocycles. The van der Waals surface area contributed by atoms with Crippen molar-refractivity contribution in [3.8, 4) is 0 Å². The number of urea groups is 1. The minimum Gasteiger partial charge on any atom is -0.339 e. The van der Waals surface area contributed by atoms with Gasteiger partial charge in [0.15, 0.2) is 0 Å². The third-order valence-corrected chi connectivity index (χ3v) is 6.02. The van der Waals surface area contributed by atoms with Crippen LogP contribution >= 0.6 is 0 Å². The fourth-order valence-corrected chi connectivity index (χ4v) is 4.25. The van der Waals surface area contributed by atoms with Gasteiger partial charge in [-0.25, -0.2) is 9.78 Å². The molecule has 2 heterocycles. The lowest BCUT2D eigenvalue weighted by molar-refractivity contribution is 0.191. The van der Waals surface area contributed by atoms with Crippen LogP contribution in [0.3, 0.4) is 0 Å². The summed E-state index contributed by atoms with van der Waals surface area (Å²) in [7, 11) is 0. The zero-order valence-corrected chi connectivity index (χ0v) is 18.2. The predicted molar refractivity (Wildman–Crippen MR) is 128 cm³/mol. The summed E-state index contributed by atoms with van der Waals surface area (Å²) in [5.41, 5.74) is 5.38. The first-order valence-electron chi connectivity index (χ1n) is 11.0. The molecule has 3 aromatic carbocycles. The molecule has 0 saturated carbocycles. The Morgan fingerprint density at radius 2 is 1.53 bits per heavy atom. The molecule has 1 aliphatic rings. The fraction of sp³-hybridized carbons (Fsp3) is 0.231. The Balaban J connectivity index is 1.27. The number of H-pyrrole nitrogens is 1. The number of rotatable bonds is 4. The van der Waals surface area contributed by atoms with Gasteiger partial charge in [-0.1, -0.05) is 66.7 Å². The van der Waals surface area contributed by atoms with Crippen LogP contribution in [0.2, 0.25) is 0 Å². The van der Waals surface area contributed by atoms with E-state index in [1.165, 1.54) is 5.56 Å². The van der Waals surface area contributed by atoms with E-state index in [2.05, 4.69) is 58.5 Å². The molecule has 1 saturated heterocycles. The number of carbonyl (C=O) groups excluding carboxylic acids is 1. The second-order valence-corrected chi connectivity index (χ2v) is 8.26. The van der Waals surface area contributed by atoms with Crippen LogP contribution in [0.4, 0.5) is 10.7 Å². The molecule has 0 bridgehead atoms. The summed E-state index contributed by atoms with van der Waals surface area (Å²) < 4.78 is 0. The normalized spacial score (nSPS) is 14.2. The highest BCUT2D eigenvalue weighted by atomic mass is 16.2.